The Kier molecular flexibility index (Phi) is 8.55. The number of nitrogens with zero attached hydrogens (tertiary/aromatic N) is 2. The van der Waals surface area contributed by atoms with E-state index in [1.165, 1.54) is 0 Å². The van der Waals surface area contributed by atoms with E-state index in [0.717, 1.165) is 34.5 Å². The van der Waals surface area contributed by atoms with Gasteiger partial charge in [0, 0.05) is 47.4 Å². The normalized spacial score (nSPS) is 20.3. The van der Waals surface area contributed by atoms with Crippen molar-refractivity contribution in [2.24, 2.45) is 9.98 Å². The topological polar surface area (TPSA) is 77.3 Å². The van der Waals surface area contributed by atoms with Gasteiger partial charge in [0.2, 0.25) is 0 Å². The molecule has 0 saturated carbocycles. The van der Waals surface area contributed by atoms with E-state index in [0.29, 0.717) is 24.6 Å². The van der Waals surface area contributed by atoms with Crippen LogP contribution in [0.15, 0.2) is 9.98 Å². The molecular weight excluding hydrogens is 404 g/mol. The molecule has 0 aliphatic carbocycles. The van der Waals surface area contributed by atoms with Gasteiger partial charge in [-0.3, -0.25) is 0 Å². The van der Waals surface area contributed by atoms with Crippen LogP contribution in [0, 0.1) is 0 Å². The first-order valence-electron chi connectivity index (χ1n) is 9.06. The van der Waals surface area contributed by atoms with Crippen LogP contribution < -0.4 is 0 Å². The molecule has 2 rings (SSSR count). The molecule has 0 N–H and O–H groups in total. The summed E-state index contributed by atoms with van der Waals surface area (Å²) in [5, 5.41) is 0. The summed E-state index contributed by atoms with van der Waals surface area (Å²) in [4.78, 5) is 31.7. The average molecular weight is 433 g/mol. The van der Waals surface area contributed by atoms with Gasteiger partial charge < -0.3 is 9.47 Å². The highest BCUT2D eigenvalue weighted by atomic mass is 32.2. The zero-order valence-electron chi connectivity index (χ0n) is 16.4. The third-order valence-electron chi connectivity index (χ3n) is 3.89. The zero-order valence-corrected chi connectivity index (χ0v) is 18.9. The van der Waals surface area contributed by atoms with Gasteiger partial charge in [0.25, 0.3) is 0 Å². The molecule has 0 atom stereocenters. The van der Waals surface area contributed by atoms with Gasteiger partial charge in [-0.25, -0.2) is 19.6 Å². The average Bonchev–Trinajstić information content (AvgIpc) is 2.99. The Balaban J connectivity index is 1.39. The summed E-state index contributed by atoms with van der Waals surface area (Å²) in [6.45, 7) is 7.11. The summed E-state index contributed by atoms with van der Waals surface area (Å²) in [5.74, 6) is 6.88. The van der Waals surface area contributed by atoms with Gasteiger partial charge in [-0.15, -0.1) is 0 Å². The van der Waals surface area contributed by atoms with E-state index in [1.54, 1.807) is 27.7 Å². The Bertz CT molecular complexity index is 566. The number of cyclic esters (lactones) is 2. The number of rotatable bonds is 12. The minimum atomic E-state index is -0.713. The van der Waals surface area contributed by atoms with Gasteiger partial charge in [-0.05, 0) is 27.7 Å². The first-order chi connectivity index (χ1) is 12.7. The second-order valence-electron chi connectivity index (χ2n) is 7.25. The standard InChI is InChI=1S/C18H28N2O4S3/c1-17(2)15(21)23-13(19-17)5-7-25-9-11-27-12-10-26-8-6-14-20-18(3,4)16(22)24-14/h5-12H2,1-4H3. The number of hydrogen-bond donors (Lipinski definition) is 0. The molecule has 0 saturated heterocycles. The molecule has 2 aliphatic rings. The smallest absolute Gasteiger partial charge is 0.340 e. The summed E-state index contributed by atoms with van der Waals surface area (Å²) in [5.41, 5.74) is -1.43. The van der Waals surface area contributed by atoms with Crippen LogP contribution in [-0.2, 0) is 19.1 Å². The molecule has 27 heavy (non-hydrogen) atoms. The zero-order chi connectivity index (χ0) is 19.9. The maximum absolute atomic E-state index is 11.5. The first kappa shape index (κ1) is 22.6. The van der Waals surface area contributed by atoms with Crippen molar-refractivity contribution in [3.8, 4) is 0 Å². The summed E-state index contributed by atoms with van der Waals surface area (Å²) >= 11 is 5.67. The molecule has 0 fully saturated rings. The molecule has 2 aliphatic heterocycles. The first-order valence-corrected chi connectivity index (χ1v) is 12.5. The SMILES string of the molecule is CC1(C)N=C(CCSCCSCCSCCC2=NC(C)(C)C(=O)O2)OC1=O. The van der Waals surface area contributed by atoms with E-state index < -0.39 is 11.1 Å². The maximum Gasteiger partial charge on any atom is 0.340 e. The summed E-state index contributed by atoms with van der Waals surface area (Å²) < 4.78 is 10.3. The van der Waals surface area contributed by atoms with Crippen molar-refractivity contribution < 1.29 is 19.1 Å². The van der Waals surface area contributed by atoms with Gasteiger partial charge in [0.15, 0.2) is 22.9 Å². The number of aliphatic imine (C=N–C) groups is 2. The second-order valence-corrected chi connectivity index (χ2v) is 10.9. The van der Waals surface area contributed by atoms with Crippen LogP contribution in [0.3, 0.4) is 0 Å². The van der Waals surface area contributed by atoms with Gasteiger partial charge in [-0.1, -0.05) is 0 Å². The fraction of sp³-hybridized carbons (Fsp3) is 0.778. The van der Waals surface area contributed by atoms with Crippen molar-refractivity contribution in [2.45, 2.75) is 51.6 Å². The predicted molar refractivity (Wildman–Crippen MR) is 116 cm³/mol. The minimum absolute atomic E-state index is 0.252. The lowest BCUT2D eigenvalue weighted by molar-refractivity contribution is -0.138. The van der Waals surface area contributed by atoms with Crippen LogP contribution >= 0.6 is 35.3 Å². The Morgan fingerprint density at radius 3 is 1.30 bits per heavy atom. The quantitative estimate of drug-likeness (QED) is 0.345. The highest BCUT2D eigenvalue weighted by molar-refractivity contribution is 8.04. The molecule has 0 aromatic carbocycles. The van der Waals surface area contributed by atoms with Crippen molar-refractivity contribution >= 4 is 59.0 Å². The molecule has 152 valence electrons. The lowest BCUT2D eigenvalue weighted by atomic mass is 10.1. The highest BCUT2D eigenvalue weighted by Gasteiger charge is 2.37. The lowest BCUT2D eigenvalue weighted by Gasteiger charge is -2.05. The van der Waals surface area contributed by atoms with E-state index in [2.05, 4.69) is 9.98 Å². The lowest BCUT2D eigenvalue weighted by Crippen LogP contribution is -2.25. The monoisotopic (exact) mass is 432 g/mol. The van der Waals surface area contributed by atoms with Crippen LogP contribution in [0.4, 0.5) is 0 Å². The molecule has 2 heterocycles. The van der Waals surface area contributed by atoms with E-state index in [-0.39, 0.29) is 11.9 Å². The van der Waals surface area contributed by atoms with Crippen LogP contribution in [0.2, 0.25) is 0 Å². The van der Waals surface area contributed by atoms with E-state index in [4.69, 9.17) is 9.47 Å². The van der Waals surface area contributed by atoms with E-state index in [9.17, 15) is 9.59 Å². The largest absolute Gasteiger partial charge is 0.410 e. The van der Waals surface area contributed by atoms with E-state index in [1.807, 2.05) is 35.3 Å². The van der Waals surface area contributed by atoms with Crippen LogP contribution in [-0.4, -0.2) is 69.3 Å². The Morgan fingerprint density at radius 1 is 0.667 bits per heavy atom. The Morgan fingerprint density at radius 2 is 1.00 bits per heavy atom. The van der Waals surface area contributed by atoms with Crippen molar-refractivity contribution in [3.63, 3.8) is 0 Å². The molecule has 0 spiro atoms. The van der Waals surface area contributed by atoms with Gasteiger partial charge in [-0.2, -0.15) is 35.3 Å². The number of ether oxygens (including phenoxy) is 2. The molecule has 9 heteroatoms. The van der Waals surface area contributed by atoms with Gasteiger partial charge >= 0.3 is 11.9 Å². The third-order valence-corrected chi connectivity index (χ3v) is 7.37. The summed E-state index contributed by atoms with van der Waals surface area (Å²) in [7, 11) is 0. The number of esters is 2. The number of thioether (sulfide) groups is 3. The molecule has 0 aromatic heterocycles. The minimum Gasteiger partial charge on any atom is -0.410 e. The highest BCUT2D eigenvalue weighted by Crippen LogP contribution is 2.22. The van der Waals surface area contributed by atoms with Crippen LogP contribution in [0.25, 0.3) is 0 Å². The number of carbonyl (C=O) groups is 2. The van der Waals surface area contributed by atoms with Crippen LogP contribution in [0.1, 0.15) is 40.5 Å². The number of hydrogen-bond acceptors (Lipinski definition) is 9. The molecule has 0 amide bonds. The maximum atomic E-state index is 11.5. The van der Waals surface area contributed by atoms with Gasteiger partial charge in [0.05, 0.1) is 0 Å². The Labute approximate surface area is 174 Å². The van der Waals surface area contributed by atoms with Gasteiger partial charge in [0.1, 0.15) is 0 Å². The molecule has 0 bridgehead atoms. The Hall–Kier alpha value is -0.670. The van der Waals surface area contributed by atoms with Crippen molar-refractivity contribution in [3.05, 3.63) is 0 Å². The third kappa shape index (κ3) is 7.34. The summed E-state index contributed by atoms with van der Waals surface area (Å²) in [6.07, 6.45) is 1.43. The predicted octanol–water partition coefficient (Wildman–Crippen LogP) is 3.43. The fourth-order valence-electron chi connectivity index (χ4n) is 2.30. The fourth-order valence-corrected chi connectivity index (χ4v) is 5.43. The van der Waals surface area contributed by atoms with Crippen molar-refractivity contribution in [1.82, 2.24) is 0 Å². The van der Waals surface area contributed by atoms with Crippen molar-refractivity contribution in [2.75, 3.05) is 34.5 Å². The van der Waals surface area contributed by atoms with Crippen molar-refractivity contribution in [1.29, 1.82) is 0 Å². The molecular formula is C18H28N2O4S3. The molecule has 0 unspecified atom stereocenters. The molecule has 0 aromatic rings. The van der Waals surface area contributed by atoms with E-state index >= 15 is 0 Å². The second kappa shape index (κ2) is 10.2. The number of carbonyl (C=O) groups excluding carboxylic acids is 2. The molecule has 6 nitrogen and oxygen atoms in total. The summed E-state index contributed by atoms with van der Waals surface area (Å²) in [6, 6.07) is 0. The molecule has 0 radical (unpaired) electrons. The van der Waals surface area contributed by atoms with Crippen LogP contribution in [0.5, 0.6) is 0 Å².